The fraction of sp³-hybridized carbons (Fsp3) is 0.400. The first-order valence-corrected chi connectivity index (χ1v) is 10.5. The lowest BCUT2D eigenvalue weighted by molar-refractivity contribution is 0.0962. The SMILES string of the molecule is CCCCCc1c(CCCCC)n(C(=O)c2ccccc2)c2ccccc12. The lowest BCUT2D eigenvalue weighted by atomic mass is 10.0. The molecule has 0 aliphatic rings. The van der Waals surface area contributed by atoms with Crippen molar-refractivity contribution in [3.63, 3.8) is 0 Å². The fourth-order valence-electron chi connectivity index (χ4n) is 3.94. The Kier molecular flexibility index (Phi) is 6.86. The van der Waals surface area contributed by atoms with Crippen LogP contribution in [0.2, 0.25) is 0 Å². The standard InChI is InChI=1S/C25H31NO/c1-3-5-8-16-21-22-17-12-13-19-24(22)26(23(21)18-9-6-4-2)25(27)20-14-10-7-11-15-20/h7,10-15,17,19H,3-6,8-9,16,18H2,1-2H3. The number of aromatic nitrogens is 1. The Balaban J connectivity index is 2.11. The van der Waals surface area contributed by atoms with Crippen molar-refractivity contribution in [2.75, 3.05) is 0 Å². The van der Waals surface area contributed by atoms with E-state index in [4.69, 9.17) is 0 Å². The molecule has 0 saturated carbocycles. The molecule has 2 heteroatoms. The number of rotatable bonds is 9. The second-order valence-corrected chi connectivity index (χ2v) is 7.36. The van der Waals surface area contributed by atoms with Gasteiger partial charge >= 0.3 is 0 Å². The van der Waals surface area contributed by atoms with Gasteiger partial charge < -0.3 is 0 Å². The van der Waals surface area contributed by atoms with Crippen LogP contribution in [0.3, 0.4) is 0 Å². The molecule has 0 N–H and O–H groups in total. The molecule has 3 aromatic rings. The van der Waals surface area contributed by atoms with Crippen LogP contribution in [0.1, 0.15) is 74.0 Å². The van der Waals surface area contributed by atoms with E-state index in [-0.39, 0.29) is 5.91 Å². The summed E-state index contributed by atoms with van der Waals surface area (Å²) < 4.78 is 2.00. The zero-order valence-electron chi connectivity index (χ0n) is 16.7. The molecular weight excluding hydrogens is 330 g/mol. The first-order chi connectivity index (χ1) is 13.3. The quantitative estimate of drug-likeness (QED) is 0.384. The Hall–Kier alpha value is -2.35. The first-order valence-electron chi connectivity index (χ1n) is 10.5. The number of hydrogen-bond donors (Lipinski definition) is 0. The molecule has 0 unspecified atom stereocenters. The van der Waals surface area contributed by atoms with Crippen molar-refractivity contribution in [1.82, 2.24) is 4.57 Å². The number of hydrogen-bond acceptors (Lipinski definition) is 1. The average Bonchev–Trinajstić information content (AvgIpc) is 3.02. The van der Waals surface area contributed by atoms with Crippen molar-refractivity contribution in [1.29, 1.82) is 0 Å². The largest absolute Gasteiger partial charge is 0.280 e. The van der Waals surface area contributed by atoms with E-state index in [1.807, 2.05) is 41.0 Å². The van der Waals surface area contributed by atoms with Crippen molar-refractivity contribution < 1.29 is 4.79 Å². The Morgan fingerprint density at radius 3 is 2.11 bits per heavy atom. The van der Waals surface area contributed by atoms with Gasteiger partial charge in [0.25, 0.3) is 5.91 Å². The average molecular weight is 362 g/mol. The summed E-state index contributed by atoms with van der Waals surface area (Å²) in [5, 5.41) is 1.25. The van der Waals surface area contributed by atoms with Gasteiger partial charge in [0.2, 0.25) is 0 Å². The van der Waals surface area contributed by atoms with E-state index >= 15 is 0 Å². The smallest absolute Gasteiger partial charge is 0.262 e. The molecule has 142 valence electrons. The summed E-state index contributed by atoms with van der Waals surface area (Å²) in [6, 6.07) is 18.1. The highest BCUT2D eigenvalue weighted by molar-refractivity contribution is 6.04. The molecule has 27 heavy (non-hydrogen) atoms. The van der Waals surface area contributed by atoms with Gasteiger partial charge in [-0.3, -0.25) is 9.36 Å². The molecule has 0 atom stereocenters. The maximum absolute atomic E-state index is 13.4. The highest BCUT2D eigenvalue weighted by atomic mass is 16.2. The molecule has 2 nitrogen and oxygen atoms in total. The maximum Gasteiger partial charge on any atom is 0.262 e. The number of fused-ring (bicyclic) bond motifs is 1. The van der Waals surface area contributed by atoms with Crippen LogP contribution in [0, 0.1) is 0 Å². The van der Waals surface area contributed by atoms with Gasteiger partial charge in [-0.1, -0.05) is 75.9 Å². The minimum absolute atomic E-state index is 0.0973. The number of carbonyl (C=O) groups is 1. The molecule has 0 aliphatic heterocycles. The van der Waals surface area contributed by atoms with E-state index in [9.17, 15) is 4.79 Å². The van der Waals surface area contributed by atoms with Gasteiger partial charge in [0.05, 0.1) is 5.52 Å². The molecular formula is C25H31NO. The number of benzene rings is 2. The predicted octanol–water partition coefficient (Wildman–Crippen LogP) is 6.80. The number of unbranched alkanes of at least 4 members (excludes halogenated alkanes) is 4. The van der Waals surface area contributed by atoms with Crippen LogP contribution in [-0.2, 0) is 12.8 Å². The van der Waals surface area contributed by atoms with Gasteiger partial charge in [0.1, 0.15) is 0 Å². The Morgan fingerprint density at radius 2 is 1.41 bits per heavy atom. The third kappa shape index (κ3) is 4.32. The summed E-state index contributed by atoms with van der Waals surface area (Å²) >= 11 is 0. The highest BCUT2D eigenvalue weighted by Gasteiger charge is 2.21. The van der Waals surface area contributed by atoms with Gasteiger partial charge in [-0.15, -0.1) is 0 Å². The molecule has 2 aromatic carbocycles. The maximum atomic E-state index is 13.4. The molecule has 0 amide bonds. The van der Waals surface area contributed by atoms with E-state index < -0.39 is 0 Å². The van der Waals surface area contributed by atoms with Crippen LogP contribution < -0.4 is 0 Å². The molecule has 0 fully saturated rings. The van der Waals surface area contributed by atoms with Crippen LogP contribution in [0.5, 0.6) is 0 Å². The molecule has 0 bridgehead atoms. The monoisotopic (exact) mass is 361 g/mol. The highest BCUT2D eigenvalue weighted by Crippen LogP contribution is 2.30. The first kappa shape index (κ1) is 19.4. The Bertz CT molecular complexity index is 876. The van der Waals surface area contributed by atoms with E-state index in [0.717, 1.165) is 30.3 Å². The lowest BCUT2D eigenvalue weighted by Gasteiger charge is -2.11. The normalized spacial score (nSPS) is 11.2. The third-order valence-electron chi connectivity index (χ3n) is 5.36. The molecule has 1 aromatic heterocycles. The van der Waals surface area contributed by atoms with E-state index in [2.05, 4.69) is 32.0 Å². The van der Waals surface area contributed by atoms with Crippen LogP contribution in [0.25, 0.3) is 10.9 Å². The lowest BCUT2D eigenvalue weighted by Crippen LogP contribution is -2.15. The van der Waals surface area contributed by atoms with Crippen LogP contribution in [0.15, 0.2) is 54.6 Å². The minimum Gasteiger partial charge on any atom is -0.280 e. The molecule has 0 aliphatic carbocycles. The van der Waals surface area contributed by atoms with Crippen molar-refractivity contribution >= 4 is 16.8 Å². The van der Waals surface area contributed by atoms with Crippen molar-refractivity contribution in [2.24, 2.45) is 0 Å². The van der Waals surface area contributed by atoms with Crippen molar-refractivity contribution in [3.8, 4) is 0 Å². The zero-order valence-corrected chi connectivity index (χ0v) is 16.7. The van der Waals surface area contributed by atoms with Gasteiger partial charge in [0.15, 0.2) is 0 Å². The van der Waals surface area contributed by atoms with E-state index in [0.29, 0.717) is 0 Å². The molecule has 0 saturated heterocycles. The number of nitrogens with zero attached hydrogens (tertiary/aromatic N) is 1. The Labute approximate surface area is 163 Å². The number of aryl methyl sites for hydroxylation is 1. The molecule has 0 radical (unpaired) electrons. The fourth-order valence-corrected chi connectivity index (χ4v) is 3.94. The van der Waals surface area contributed by atoms with Gasteiger partial charge in [-0.05, 0) is 49.4 Å². The zero-order chi connectivity index (χ0) is 19.1. The van der Waals surface area contributed by atoms with Crippen molar-refractivity contribution in [2.45, 2.75) is 65.2 Å². The van der Waals surface area contributed by atoms with Crippen molar-refractivity contribution in [3.05, 3.63) is 71.4 Å². The topological polar surface area (TPSA) is 22.0 Å². The predicted molar refractivity (Wildman–Crippen MR) is 115 cm³/mol. The number of carbonyl (C=O) groups excluding carboxylic acids is 1. The van der Waals surface area contributed by atoms with Crippen LogP contribution in [-0.4, -0.2) is 10.5 Å². The summed E-state index contributed by atoms with van der Waals surface area (Å²) in [7, 11) is 0. The van der Waals surface area contributed by atoms with Gasteiger partial charge in [0, 0.05) is 16.6 Å². The summed E-state index contributed by atoms with van der Waals surface area (Å²) in [6.07, 6.45) is 9.20. The number of para-hydroxylation sites is 1. The summed E-state index contributed by atoms with van der Waals surface area (Å²) in [5.74, 6) is 0.0973. The summed E-state index contributed by atoms with van der Waals surface area (Å²) in [5.41, 5.74) is 4.44. The van der Waals surface area contributed by atoms with Crippen LogP contribution in [0.4, 0.5) is 0 Å². The van der Waals surface area contributed by atoms with Gasteiger partial charge in [-0.25, -0.2) is 0 Å². The summed E-state index contributed by atoms with van der Waals surface area (Å²) in [6.45, 7) is 4.47. The minimum atomic E-state index is 0.0973. The van der Waals surface area contributed by atoms with E-state index in [1.165, 1.54) is 48.7 Å². The molecule has 3 rings (SSSR count). The Morgan fingerprint density at radius 1 is 0.778 bits per heavy atom. The molecule has 0 spiro atoms. The summed E-state index contributed by atoms with van der Waals surface area (Å²) in [4.78, 5) is 13.4. The third-order valence-corrected chi connectivity index (χ3v) is 5.36. The second-order valence-electron chi connectivity index (χ2n) is 7.36. The van der Waals surface area contributed by atoms with E-state index in [1.54, 1.807) is 0 Å². The van der Waals surface area contributed by atoms with Gasteiger partial charge in [-0.2, -0.15) is 0 Å². The molecule has 1 heterocycles. The van der Waals surface area contributed by atoms with Crippen LogP contribution >= 0.6 is 0 Å². The second kappa shape index (κ2) is 9.55.